The number of piperazine rings is 1. The monoisotopic (exact) mass is 398 g/mol. The van der Waals surface area contributed by atoms with Gasteiger partial charge in [0.1, 0.15) is 12.1 Å². The minimum Gasteiger partial charge on any atom is -0.337 e. The largest absolute Gasteiger partial charge is 0.337 e. The number of rotatable bonds is 3. The molecule has 10 heteroatoms. The third kappa shape index (κ3) is 3.32. The number of nitrogens with zero attached hydrogens (tertiary/aromatic N) is 5. The number of urea groups is 1. The van der Waals surface area contributed by atoms with Crippen molar-refractivity contribution in [3.63, 3.8) is 0 Å². The third-order valence-corrected chi connectivity index (χ3v) is 6.07. The number of carbonyl (C=O) groups is 2. The molecule has 1 spiro atoms. The molecule has 0 bridgehead atoms. The van der Waals surface area contributed by atoms with Crippen LogP contribution < -0.4 is 5.32 Å². The molecule has 1 aromatic heterocycles. The molecular weight excluding hydrogens is 372 g/mol. The highest BCUT2D eigenvalue weighted by Crippen LogP contribution is 2.39. The first-order valence-electron chi connectivity index (χ1n) is 9.36. The van der Waals surface area contributed by atoms with E-state index < -0.39 is 5.54 Å². The fourth-order valence-electron chi connectivity index (χ4n) is 4.37. The van der Waals surface area contributed by atoms with Crippen LogP contribution in [0.2, 0.25) is 0 Å². The number of halogens is 1. The Morgan fingerprint density at radius 3 is 2.67 bits per heavy atom. The quantitative estimate of drug-likeness (QED) is 0.763. The summed E-state index contributed by atoms with van der Waals surface area (Å²) >= 11 is 0. The summed E-state index contributed by atoms with van der Waals surface area (Å²) < 4.78 is 5.36. The van der Waals surface area contributed by atoms with E-state index in [1.807, 2.05) is 7.05 Å². The fraction of sp³-hybridized carbons (Fsp3) is 0.765. The van der Waals surface area contributed by atoms with Crippen molar-refractivity contribution in [3.05, 3.63) is 11.7 Å². The van der Waals surface area contributed by atoms with E-state index in [9.17, 15) is 9.59 Å². The van der Waals surface area contributed by atoms with E-state index in [1.54, 1.807) is 11.9 Å². The van der Waals surface area contributed by atoms with E-state index >= 15 is 0 Å². The summed E-state index contributed by atoms with van der Waals surface area (Å²) in [6.07, 6.45) is 4.54. The molecule has 9 nitrogen and oxygen atoms in total. The third-order valence-electron chi connectivity index (χ3n) is 6.07. The number of carbonyl (C=O) groups excluding carboxylic acids is 2. The molecule has 2 saturated heterocycles. The van der Waals surface area contributed by atoms with Crippen molar-refractivity contribution in [2.45, 2.75) is 50.2 Å². The van der Waals surface area contributed by atoms with E-state index in [2.05, 4.69) is 20.4 Å². The zero-order valence-electron chi connectivity index (χ0n) is 15.8. The van der Waals surface area contributed by atoms with Gasteiger partial charge >= 0.3 is 6.03 Å². The van der Waals surface area contributed by atoms with E-state index in [1.165, 1.54) is 4.90 Å². The van der Waals surface area contributed by atoms with Crippen molar-refractivity contribution >= 4 is 24.3 Å². The van der Waals surface area contributed by atoms with Gasteiger partial charge in [-0.2, -0.15) is 4.98 Å². The summed E-state index contributed by atoms with van der Waals surface area (Å²) in [4.78, 5) is 35.2. The molecule has 1 saturated carbocycles. The van der Waals surface area contributed by atoms with Crippen LogP contribution in [0.15, 0.2) is 4.52 Å². The Bertz CT molecular complexity index is 705. The smallest absolute Gasteiger partial charge is 0.327 e. The molecule has 3 aliphatic rings. The lowest BCUT2D eigenvalue weighted by molar-refractivity contribution is -0.135. The second-order valence-electron chi connectivity index (χ2n) is 7.57. The van der Waals surface area contributed by atoms with E-state index in [0.29, 0.717) is 11.7 Å². The molecule has 27 heavy (non-hydrogen) atoms. The van der Waals surface area contributed by atoms with Gasteiger partial charge in [0.05, 0.1) is 6.04 Å². The highest BCUT2D eigenvalue weighted by molar-refractivity contribution is 6.06. The van der Waals surface area contributed by atoms with Crippen LogP contribution in [0.4, 0.5) is 4.79 Å². The maximum absolute atomic E-state index is 13.0. The first-order valence-corrected chi connectivity index (χ1v) is 9.36. The summed E-state index contributed by atoms with van der Waals surface area (Å²) in [5, 5.41) is 7.39. The molecule has 1 N–H and O–H groups in total. The van der Waals surface area contributed by atoms with Gasteiger partial charge in [0, 0.05) is 26.7 Å². The van der Waals surface area contributed by atoms with Gasteiger partial charge in [-0.1, -0.05) is 24.4 Å². The fourth-order valence-corrected chi connectivity index (χ4v) is 4.37. The molecule has 1 atom stereocenters. The van der Waals surface area contributed by atoms with Crippen LogP contribution in [0, 0.1) is 0 Å². The van der Waals surface area contributed by atoms with Gasteiger partial charge in [0.25, 0.3) is 5.91 Å². The van der Waals surface area contributed by atoms with Gasteiger partial charge < -0.3 is 14.7 Å². The van der Waals surface area contributed by atoms with Gasteiger partial charge in [-0.05, 0) is 19.9 Å². The average Bonchev–Trinajstić information content (AvgIpc) is 3.18. The number of likely N-dealkylation sites (N-methyl/N-ethyl adjacent to an activating group) is 2. The Balaban J connectivity index is 0.00000210. The van der Waals surface area contributed by atoms with Crippen molar-refractivity contribution in [1.29, 1.82) is 0 Å². The SMILES string of the molecule is CN1CCNCC1c1noc(CN2C(=O)N(C)C3(CCCCC3)C2=O)n1.Cl. The molecule has 1 aromatic rings. The summed E-state index contributed by atoms with van der Waals surface area (Å²) in [5.74, 6) is 0.775. The molecule has 3 amide bonds. The van der Waals surface area contributed by atoms with E-state index in [-0.39, 0.29) is 36.9 Å². The Morgan fingerprint density at radius 2 is 1.96 bits per heavy atom. The summed E-state index contributed by atoms with van der Waals surface area (Å²) in [7, 11) is 3.75. The van der Waals surface area contributed by atoms with Crippen LogP contribution >= 0.6 is 12.4 Å². The maximum Gasteiger partial charge on any atom is 0.327 e. The van der Waals surface area contributed by atoms with Gasteiger partial charge in [0.15, 0.2) is 5.82 Å². The highest BCUT2D eigenvalue weighted by atomic mass is 35.5. The van der Waals surface area contributed by atoms with Crippen LogP contribution in [-0.2, 0) is 11.3 Å². The van der Waals surface area contributed by atoms with Crippen molar-refractivity contribution in [3.8, 4) is 0 Å². The highest BCUT2D eigenvalue weighted by Gasteiger charge is 2.55. The molecule has 150 valence electrons. The van der Waals surface area contributed by atoms with Crippen LogP contribution in [0.1, 0.15) is 49.9 Å². The molecule has 0 radical (unpaired) electrons. The lowest BCUT2D eigenvalue weighted by atomic mass is 9.81. The summed E-state index contributed by atoms with van der Waals surface area (Å²) in [5.41, 5.74) is -0.675. The summed E-state index contributed by atoms with van der Waals surface area (Å²) in [6, 6.07) is -0.230. The molecule has 1 aliphatic carbocycles. The van der Waals surface area contributed by atoms with E-state index in [4.69, 9.17) is 4.52 Å². The Hall–Kier alpha value is -1.71. The van der Waals surface area contributed by atoms with Crippen molar-refractivity contribution < 1.29 is 14.1 Å². The van der Waals surface area contributed by atoms with E-state index in [0.717, 1.165) is 51.7 Å². The average molecular weight is 399 g/mol. The Labute approximate surface area is 164 Å². The van der Waals surface area contributed by atoms with Crippen LogP contribution in [0.3, 0.4) is 0 Å². The number of aromatic nitrogens is 2. The maximum atomic E-state index is 13.0. The first-order chi connectivity index (χ1) is 12.5. The number of nitrogens with one attached hydrogen (secondary N) is 1. The number of amides is 3. The van der Waals surface area contributed by atoms with Crippen LogP contribution in [-0.4, -0.2) is 76.0 Å². The minimum atomic E-state index is -0.675. The lowest BCUT2D eigenvalue weighted by Gasteiger charge is -2.35. The van der Waals surface area contributed by atoms with Gasteiger partial charge in [-0.15, -0.1) is 12.4 Å². The zero-order valence-corrected chi connectivity index (χ0v) is 16.6. The van der Waals surface area contributed by atoms with Crippen molar-refractivity contribution in [2.24, 2.45) is 0 Å². The standard InChI is InChI=1S/C17H26N6O3.ClH/c1-21-9-8-18-10-12(21)14-19-13(26-20-14)11-23-15(24)17(22(2)16(23)25)6-4-3-5-7-17;/h12,18H,3-11H2,1-2H3;1H. The first kappa shape index (κ1) is 20.0. The molecule has 3 heterocycles. The molecule has 1 unspecified atom stereocenters. The molecule has 0 aromatic carbocycles. The number of hydrogen-bond donors (Lipinski definition) is 1. The van der Waals surface area contributed by atoms with Crippen molar-refractivity contribution in [2.75, 3.05) is 33.7 Å². The zero-order chi connectivity index (χ0) is 18.3. The second kappa shape index (κ2) is 7.73. The van der Waals surface area contributed by atoms with Crippen LogP contribution in [0.5, 0.6) is 0 Å². The second-order valence-corrected chi connectivity index (χ2v) is 7.57. The predicted octanol–water partition coefficient (Wildman–Crippen LogP) is 1.16. The van der Waals surface area contributed by atoms with Gasteiger partial charge in [0.2, 0.25) is 5.89 Å². The minimum absolute atomic E-state index is 0. The number of hydrogen-bond acceptors (Lipinski definition) is 7. The van der Waals surface area contributed by atoms with Gasteiger partial charge in [-0.3, -0.25) is 14.6 Å². The van der Waals surface area contributed by atoms with Crippen LogP contribution in [0.25, 0.3) is 0 Å². The topological polar surface area (TPSA) is 94.8 Å². The molecule has 2 aliphatic heterocycles. The summed E-state index contributed by atoms with van der Waals surface area (Å²) in [6.45, 7) is 2.64. The van der Waals surface area contributed by atoms with Gasteiger partial charge in [-0.25, -0.2) is 4.79 Å². The molecule has 4 rings (SSSR count). The molecular formula is C17H27ClN6O3. The molecule has 3 fully saturated rings. The predicted molar refractivity (Wildman–Crippen MR) is 99.3 cm³/mol. The van der Waals surface area contributed by atoms with Crippen molar-refractivity contribution in [1.82, 2.24) is 30.2 Å². The Morgan fingerprint density at radius 1 is 1.22 bits per heavy atom. The lowest BCUT2D eigenvalue weighted by Crippen LogP contribution is -2.49. The normalized spacial score (nSPS) is 25.9. The number of imide groups is 1. The Kier molecular flexibility index (Phi) is 5.73.